The van der Waals surface area contributed by atoms with Gasteiger partial charge in [0.05, 0.1) is 31.4 Å². The van der Waals surface area contributed by atoms with E-state index in [1.54, 1.807) is 0 Å². The topological polar surface area (TPSA) is 33.5 Å². The Kier molecular flexibility index (Phi) is 4.77. The van der Waals surface area contributed by atoms with Crippen molar-refractivity contribution in [2.75, 3.05) is 51.3 Å². The molecular formula is C20H28N4O. The van der Waals surface area contributed by atoms with Crippen LogP contribution in [0, 0.1) is 0 Å². The van der Waals surface area contributed by atoms with Crippen LogP contribution in [0.2, 0.25) is 0 Å². The van der Waals surface area contributed by atoms with Crippen LogP contribution in [0.5, 0.6) is 0 Å². The molecule has 1 atom stereocenters. The van der Waals surface area contributed by atoms with Gasteiger partial charge in [-0.2, -0.15) is 0 Å². The lowest BCUT2D eigenvalue weighted by molar-refractivity contribution is 0.0326. The molecule has 0 spiro atoms. The molecule has 5 heteroatoms. The van der Waals surface area contributed by atoms with Crippen LogP contribution >= 0.6 is 0 Å². The van der Waals surface area contributed by atoms with E-state index in [0.717, 1.165) is 39.4 Å². The summed E-state index contributed by atoms with van der Waals surface area (Å²) in [6.07, 6.45) is 6.39. The van der Waals surface area contributed by atoms with Crippen molar-refractivity contribution in [1.29, 1.82) is 0 Å². The fraction of sp³-hybridized carbons (Fsp3) is 0.550. The van der Waals surface area contributed by atoms with E-state index in [1.807, 2.05) is 12.5 Å². The third-order valence-electron chi connectivity index (χ3n) is 5.49. The fourth-order valence-electron chi connectivity index (χ4n) is 4.07. The maximum Gasteiger partial charge on any atom is 0.0953 e. The third kappa shape index (κ3) is 3.44. The summed E-state index contributed by atoms with van der Waals surface area (Å²) in [4.78, 5) is 9.30. The quantitative estimate of drug-likeness (QED) is 0.857. The molecule has 0 saturated carbocycles. The average Bonchev–Trinajstić information content (AvgIpc) is 3.12. The van der Waals surface area contributed by atoms with E-state index in [-0.39, 0.29) is 0 Å². The van der Waals surface area contributed by atoms with Crippen molar-refractivity contribution in [3.05, 3.63) is 36.3 Å². The van der Waals surface area contributed by atoms with E-state index in [1.165, 1.54) is 35.3 Å². The van der Waals surface area contributed by atoms with E-state index < -0.39 is 0 Å². The first kappa shape index (κ1) is 16.6. The molecule has 0 N–H and O–H groups in total. The first-order valence-electron chi connectivity index (χ1n) is 9.39. The van der Waals surface area contributed by atoms with Crippen LogP contribution in [0.4, 0.5) is 5.69 Å². The number of aromatic nitrogens is 2. The molecule has 0 amide bonds. The molecule has 1 fully saturated rings. The fourth-order valence-corrected chi connectivity index (χ4v) is 4.07. The monoisotopic (exact) mass is 340 g/mol. The highest BCUT2D eigenvalue weighted by Gasteiger charge is 2.19. The van der Waals surface area contributed by atoms with E-state index in [2.05, 4.69) is 51.5 Å². The highest BCUT2D eigenvalue weighted by molar-refractivity contribution is 5.67. The maximum absolute atomic E-state index is 5.46. The van der Waals surface area contributed by atoms with Gasteiger partial charge in [0.1, 0.15) is 0 Å². The van der Waals surface area contributed by atoms with Gasteiger partial charge in [-0.15, -0.1) is 0 Å². The molecule has 1 aromatic carbocycles. The number of benzene rings is 1. The van der Waals surface area contributed by atoms with E-state index >= 15 is 0 Å². The van der Waals surface area contributed by atoms with Crippen LogP contribution in [0.15, 0.2) is 30.7 Å². The van der Waals surface area contributed by atoms with Crippen LogP contribution in [-0.4, -0.2) is 60.9 Å². The third-order valence-corrected chi connectivity index (χ3v) is 5.49. The largest absolute Gasteiger partial charge is 0.379 e. The normalized spacial score (nSPS) is 19.7. The molecule has 1 saturated heterocycles. The highest BCUT2D eigenvalue weighted by Crippen LogP contribution is 2.31. The van der Waals surface area contributed by atoms with Crippen LogP contribution in [-0.2, 0) is 11.2 Å². The summed E-state index contributed by atoms with van der Waals surface area (Å²) in [6.45, 7) is 8.23. The first-order valence-corrected chi connectivity index (χ1v) is 9.39. The van der Waals surface area contributed by atoms with Crippen LogP contribution in [0.3, 0.4) is 0 Å². The van der Waals surface area contributed by atoms with Gasteiger partial charge < -0.3 is 14.2 Å². The van der Waals surface area contributed by atoms with Gasteiger partial charge in [0.25, 0.3) is 0 Å². The van der Waals surface area contributed by atoms with Crippen molar-refractivity contribution in [3.63, 3.8) is 0 Å². The zero-order valence-electron chi connectivity index (χ0n) is 15.3. The predicted octanol–water partition coefficient (Wildman–Crippen LogP) is 2.83. The Bertz CT molecular complexity index is 720. The lowest BCUT2D eigenvalue weighted by Crippen LogP contribution is -2.39. The molecule has 0 radical (unpaired) electrons. The number of aryl methyl sites for hydroxylation is 1. The molecule has 0 unspecified atom stereocenters. The van der Waals surface area contributed by atoms with Crippen molar-refractivity contribution in [1.82, 2.24) is 14.5 Å². The van der Waals surface area contributed by atoms with Gasteiger partial charge in [-0.05, 0) is 37.5 Å². The molecule has 1 aromatic heterocycles. The van der Waals surface area contributed by atoms with Gasteiger partial charge >= 0.3 is 0 Å². The number of nitrogens with zero attached hydrogens (tertiary/aromatic N) is 4. The number of hydrogen-bond donors (Lipinski definition) is 0. The summed E-state index contributed by atoms with van der Waals surface area (Å²) in [7, 11) is 2.19. The molecule has 0 aliphatic carbocycles. The van der Waals surface area contributed by atoms with E-state index in [4.69, 9.17) is 4.74 Å². The number of ether oxygens (including phenoxy) is 1. The van der Waals surface area contributed by atoms with Crippen molar-refractivity contribution < 1.29 is 4.74 Å². The maximum atomic E-state index is 5.46. The number of hydrogen-bond acceptors (Lipinski definition) is 4. The number of morpholine rings is 1. The van der Waals surface area contributed by atoms with E-state index in [0.29, 0.717) is 6.04 Å². The Hall–Kier alpha value is -1.85. The minimum atomic E-state index is 0.398. The molecule has 5 nitrogen and oxygen atoms in total. The summed E-state index contributed by atoms with van der Waals surface area (Å²) in [5.41, 5.74) is 5.33. The highest BCUT2D eigenvalue weighted by atomic mass is 16.5. The number of imidazole rings is 1. The average molecular weight is 340 g/mol. The van der Waals surface area contributed by atoms with Crippen molar-refractivity contribution >= 4 is 5.69 Å². The molecule has 4 rings (SSSR count). The second kappa shape index (κ2) is 7.18. The smallest absolute Gasteiger partial charge is 0.0953 e. The van der Waals surface area contributed by atoms with Crippen LogP contribution in [0.25, 0.3) is 11.3 Å². The summed E-state index contributed by atoms with van der Waals surface area (Å²) in [6, 6.07) is 7.28. The van der Waals surface area contributed by atoms with Crippen LogP contribution < -0.4 is 4.90 Å². The summed E-state index contributed by atoms with van der Waals surface area (Å²) in [5.74, 6) is 0. The van der Waals surface area contributed by atoms with Crippen molar-refractivity contribution in [2.24, 2.45) is 0 Å². The summed E-state index contributed by atoms with van der Waals surface area (Å²) >= 11 is 0. The van der Waals surface area contributed by atoms with Gasteiger partial charge in [0.2, 0.25) is 0 Å². The van der Waals surface area contributed by atoms with Crippen molar-refractivity contribution in [3.8, 4) is 11.3 Å². The first-order chi connectivity index (χ1) is 12.2. The molecule has 0 bridgehead atoms. The number of rotatable bonds is 4. The Balaban J connectivity index is 1.56. The SMILES string of the molecule is C[C@@H](CN1CCOCC1)n1cncc1-c1ccc2c(c1)CCCN2C. The predicted molar refractivity (Wildman–Crippen MR) is 101 cm³/mol. The molecular weight excluding hydrogens is 312 g/mol. The van der Waals surface area contributed by atoms with Crippen molar-refractivity contribution in [2.45, 2.75) is 25.8 Å². The molecule has 2 aliphatic rings. The second-order valence-electron chi connectivity index (χ2n) is 7.32. The molecule has 25 heavy (non-hydrogen) atoms. The Morgan fingerprint density at radius 2 is 2.04 bits per heavy atom. The Morgan fingerprint density at radius 3 is 2.88 bits per heavy atom. The number of fused-ring (bicyclic) bond motifs is 1. The standard InChI is InChI=1S/C20H28N4O/c1-16(14-23-8-10-25-11-9-23)24-15-21-13-20(24)18-5-6-19-17(12-18)4-3-7-22(19)2/h5-6,12-13,15-16H,3-4,7-11,14H2,1-2H3/t16-/m0/s1. The lowest BCUT2D eigenvalue weighted by atomic mass is 9.98. The molecule has 3 heterocycles. The lowest BCUT2D eigenvalue weighted by Gasteiger charge is -2.30. The van der Waals surface area contributed by atoms with Gasteiger partial charge in [0.15, 0.2) is 0 Å². The minimum absolute atomic E-state index is 0.398. The van der Waals surface area contributed by atoms with Gasteiger partial charge in [-0.25, -0.2) is 4.98 Å². The number of anilines is 1. The Labute approximate surface area is 150 Å². The second-order valence-corrected chi connectivity index (χ2v) is 7.32. The minimum Gasteiger partial charge on any atom is -0.379 e. The zero-order chi connectivity index (χ0) is 17.2. The Morgan fingerprint density at radius 1 is 1.20 bits per heavy atom. The zero-order valence-corrected chi connectivity index (χ0v) is 15.3. The van der Waals surface area contributed by atoms with E-state index in [9.17, 15) is 0 Å². The summed E-state index contributed by atoms with van der Waals surface area (Å²) < 4.78 is 7.78. The van der Waals surface area contributed by atoms with Crippen LogP contribution in [0.1, 0.15) is 24.9 Å². The summed E-state index contributed by atoms with van der Waals surface area (Å²) in [5, 5.41) is 0. The molecule has 134 valence electrons. The van der Waals surface area contributed by atoms with Gasteiger partial charge in [-0.3, -0.25) is 4.90 Å². The van der Waals surface area contributed by atoms with Gasteiger partial charge in [-0.1, -0.05) is 6.07 Å². The van der Waals surface area contributed by atoms with Gasteiger partial charge in [0, 0.05) is 50.5 Å². The molecule has 2 aromatic rings. The molecule has 2 aliphatic heterocycles.